The summed E-state index contributed by atoms with van der Waals surface area (Å²) >= 11 is 5.16. The van der Waals surface area contributed by atoms with Crippen molar-refractivity contribution in [3.8, 4) is 0 Å². The monoisotopic (exact) mass is 436 g/mol. The number of hydrogen-bond donors (Lipinski definition) is 0. The van der Waals surface area contributed by atoms with Gasteiger partial charge in [-0.15, -0.1) is 0 Å². The molecule has 0 aliphatic rings. The van der Waals surface area contributed by atoms with Crippen molar-refractivity contribution in [1.29, 1.82) is 0 Å². The Morgan fingerprint density at radius 3 is 1.40 bits per heavy atom. The molecule has 2 radical (unpaired) electrons. The van der Waals surface area contributed by atoms with Crippen LogP contribution in [0, 0.1) is 0 Å². The van der Waals surface area contributed by atoms with Crippen LogP contribution in [0.2, 0.25) is 0 Å². The number of hydrogen-bond acceptors (Lipinski definition) is 1. The first-order chi connectivity index (χ1) is 4.30. The average Bonchev–Trinajstić information content (AvgIpc) is 1.90. The van der Waals surface area contributed by atoms with Crippen molar-refractivity contribution in [3.05, 3.63) is 35.9 Å². The van der Waals surface area contributed by atoms with Gasteiger partial charge < -0.3 is 62.0 Å². The van der Waals surface area contributed by atoms with Gasteiger partial charge in [0.05, 0.1) is 0 Å². The number of halogens is 6. The predicted molar refractivity (Wildman–Crippen MR) is 42.4 cm³/mol. The van der Waals surface area contributed by atoms with Gasteiger partial charge in [0, 0.05) is 5.56 Å². The maximum absolute atomic E-state index is 10.4. The molecule has 0 amide bonds. The zero-order chi connectivity index (χ0) is 6.69. The van der Waals surface area contributed by atoms with E-state index in [2.05, 4.69) is 0 Å². The summed E-state index contributed by atoms with van der Waals surface area (Å²) in [7, 11) is 0. The molecule has 0 aliphatic heterocycles. The van der Waals surface area contributed by atoms with Crippen LogP contribution in [0.15, 0.2) is 30.3 Å². The summed E-state index contributed by atoms with van der Waals surface area (Å²) in [6.45, 7) is 0. The largest absolute Gasteiger partial charge is 3.00 e. The smallest absolute Gasteiger partial charge is 1.00 e. The van der Waals surface area contributed by atoms with Crippen molar-refractivity contribution in [2.45, 2.75) is 0 Å². The fraction of sp³-hybridized carbons (Fsp3) is 0. The maximum atomic E-state index is 10.4. The summed E-state index contributed by atoms with van der Waals surface area (Å²) in [6.07, 6.45) is 0. The molecule has 0 atom stereocenters. The molecule has 0 spiro atoms. The molecule has 1 rings (SSSR count). The Balaban J connectivity index is -0.0000000337. The molecular formula is C7H5Cl6OSb-2. The summed E-state index contributed by atoms with van der Waals surface area (Å²) in [5, 5.41) is -0.407. The van der Waals surface area contributed by atoms with Crippen LogP contribution in [0.1, 0.15) is 10.4 Å². The van der Waals surface area contributed by atoms with Gasteiger partial charge in [-0.1, -0.05) is 30.3 Å². The Bertz CT molecular complexity index is 220. The van der Waals surface area contributed by atoms with E-state index in [9.17, 15) is 4.79 Å². The molecule has 0 fully saturated rings. The molecule has 8 heteroatoms. The third-order valence-electron chi connectivity index (χ3n) is 1.00. The van der Waals surface area contributed by atoms with Crippen molar-refractivity contribution in [3.63, 3.8) is 0 Å². The number of rotatable bonds is 1. The van der Waals surface area contributed by atoms with Crippen LogP contribution in [0.25, 0.3) is 0 Å². The van der Waals surface area contributed by atoms with Crippen LogP contribution in [-0.2, 0) is 0 Å². The van der Waals surface area contributed by atoms with Gasteiger partial charge in [-0.05, 0) is 11.6 Å². The summed E-state index contributed by atoms with van der Waals surface area (Å²) in [6, 6.07) is 8.74. The molecule has 0 bridgehead atoms. The minimum atomic E-state index is -0.407. The zero-order valence-electron chi connectivity index (χ0n) is 7.01. The van der Waals surface area contributed by atoms with Gasteiger partial charge in [0.1, 0.15) is 0 Å². The van der Waals surface area contributed by atoms with Crippen LogP contribution in [-0.4, -0.2) is 29.7 Å². The Kier molecular flexibility index (Phi) is 49.9. The van der Waals surface area contributed by atoms with E-state index in [1.807, 2.05) is 6.07 Å². The molecule has 0 aliphatic carbocycles. The third-order valence-corrected chi connectivity index (χ3v) is 1.22. The van der Waals surface area contributed by atoms with E-state index in [0.717, 1.165) is 0 Å². The first-order valence-electron chi connectivity index (χ1n) is 2.55. The predicted octanol–water partition coefficient (Wildman–Crippen LogP) is -13.3. The van der Waals surface area contributed by atoms with Crippen LogP contribution in [0.5, 0.6) is 0 Å². The van der Waals surface area contributed by atoms with E-state index in [-0.39, 0.29) is 86.5 Å². The minimum absolute atomic E-state index is 0. The van der Waals surface area contributed by atoms with Gasteiger partial charge in [0.2, 0.25) is 0 Å². The first-order valence-corrected chi connectivity index (χ1v) is 2.93. The molecule has 88 valence electrons. The second-order valence-electron chi connectivity index (χ2n) is 1.64. The molecule has 0 unspecified atom stereocenters. The Labute approximate surface area is 143 Å². The van der Waals surface area contributed by atoms with Crippen LogP contribution < -0.4 is 62.0 Å². The molecular weight excluding hydrogens is 435 g/mol. The number of carbonyl (C=O) groups excluding carboxylic acids is 1. The average molecular weight is 440 g/mol. The fourth-order valence-corrected chi connectivity index (χ4v) is 0.695. The third kappa shape index (κ3) is 15.4. The van der Waals surface area contributed by atoms with Crippen molar-refractivity contribution < 1.29 is 66.8 Å². The van der Waals surface area contributed by atoms with Crippen molar-refractivity contribution in [1.82, 2.24) is 0 Å². The van der Waals surface area contributed by atoms with Crippen molar-refractivity contribution >= 4 is 41.3 Å². The van der Waals surface area contributed by atoms with E-state index >= 15 is 0 Å². The van der Waals surface area contributed by atoms with Gasteiger partial charge in [0.25, 0.3) is 5.24 Å². The Morgan fingerprint density at radius 2 is 1.20 bits per heavy atom. The number of carbonyl (C=O) groups is 1. The van der Waals surface area contributed by atoms with Crippen molar-refractivity contribution in [2.75, 3.05) is 0 Å². The second kappa shape index (κ2) is 20.8. The van der Waals surface area contributed by atoms with Crippen molar-refractivity contribution in [2.24, 2.45) is 0 Å². The van der Waals surface area contributed by atoms with E-state index in [0.29, 0.717) is 5.56 Å². The molecule has 0 saturated heterocycles. The second-order valence-corrected chi connectivity index (χ2v) is 1.98. The molecule has 15 heavy (non-hydrogen) atoms. The van der Waals surface area contributed by atoms with Gasteiger partial charge >= 0.3 is 24.4 Å². The maximum Gasteiger partial charge on any atom is 3.00 e. The van der Waals surface area contributed by atoms with Gasteiger partial charge in [-0.25, -0.2) is 0 Å². The van der Waals surface area contributed by atoms with Gasteiger partial charge in [-0.2, -0.15) is 0 Å². The molecule has 0 saturated carbocycles. The van der Waals surface area contributed by atoms with E-state index in [1.165, 1.54) is 0 Å². The number of benzene rings is 1. The molecule has 1 nitrogen and oxygen atoms in total. The van der Waals surface area contributed by atoms with E-state index in [1.54, 1.807) is 24.3 Å². The Morgan fingerprint density at radius 1 is 0.867 bits per heavy atom. The molecule has 0 aromatic heterocycles. The molecule has 1 aromatic carbocycles. The zero-order valence-corrected chi connectivity index (χ0v) is 14.1. The van der Waals surface area contributed by atoms with E-state index < -0.39 is 5.24 Å². The summed E-state index contributed by atoms with van der Waals surface area (Å²) < 4.78 is 0. The fourth-order valence-electron chi connectivity index (χ4n) is 0.569. The minimum Gasteiger partial charge on any atom is -1.00 e. The quantitative estimate of drug-likeness (QED) is 0.314. The summed E-state index contributed by atoms with van der Waals surface area (Å²) in [5.41, 5.74) is 0.541. The molecule has 1 aromatic rings. The summed E-state index contributed by atoms with van der Waals surface area (Å²) in [5.74, 6) is 0. The topological polar surface area (TPSA) is 17.1 Å². The van der Waals surface area contributed by atoms with E-state index in [4.69, 9.17) is 11.6 Å². The van der Waals surface area contributed by atoms with Gasteiger partial charge in [0.15, 0.2) is 0 Å². The standard InChI is InChI=1S/C7H5ClO.5ClH.Sb/c8-7(9)6-4-2-1-3-5-6;;;;;;/h1-5H;5*1H;/q;;;;;;+3/p-5. The van der Waals surface area contributed by atoms with Crippen LogP contribution >= 0.6 is 11.6 Å². The SMILES string of the molecule is O=C(Cl)c1ccccc1.[Cl-].[Cl-].[Cl-].[Cl-].[Cl-].[Sb+3]. The molecule has 0 heterocycles. The summed E-state index contributed by atoms with van der Waals surface area (Å²) in [4.78, 5) is 10.4. The molecule has 0 N–H and O–H groups in total. The normalized spacial score (nSPS) is 5.40. The van der Waals surface area contributed by atoms with Gasteiger partial charge in [-0.3, -0.25) is 4.79 Å². The first kappa shape index (κ1) is 36.0. The van der Waals surface area contributed by atoms with Crippen LogP contribution in [0.3, 0.4) is 0 Å². The Hall–Kier alpha value is 1.45. The van der Waals surface area contributed by atoms with Crippen LogP contribution in [0.4, 0.5) is 0 Å².